The highest BCUT2D eigenvalue weighted by atomic mass is 16.7. The molecule has 1 unspecified atom stereocenters. The number of ether oxygens (including phenoxy) is 3. The molecule has 8 nitrogen and oxygen atoms in total. The number of hydrogen-bond acceptors (Lipinski definition) is 7. The van der Waals surface area contributed by atoms with Crippen LogP contribution < -0.4 is 9.64 Å². The van der Waals surface area contributed by atoms with Crippen molar-refractivity contribution in [1.82, 2.24) is 15.0 Å². The number of aliphatic hydroxyl groups excluding tert-OH is 1. The Morgan fingerprint density at radius 2 is 2.10 bits per heavy atom. The Labute approximate surface area is 182 Å². The number of aromatic nitrogens is 3. The minimum Gasteiger partial charge on any atom is -0.490 e. The molecule has 1 atom stereocenters. The van der Waals surface area contributed by atoms with Crippen molar-refractivity contribution in [3.63, 3.8) is 0 Å². The van der Waals surface area contributed by atoms with Crippen LogP contribution in [0.3, 0.4) is 0 Å². The molecule has 8 heteroatoms. The van der Waals surface area contributed by atoms with Crippen molar-refractivity contribution in [2.24, 2.45) is 5.41 Å². The summed E-state index contributed by atoms with van der Waals surface area (Å²) in [6.07, 6.45) is 7.58. The first kappa shape index (κ1) is 19.5. The van der Waals surface area contributed by atoms with Gasteiger partial charge in [-0.1, -0.05) is 12.1 Å². The lowest BCUT2D eigenvalue weighted by atomic mass is 9.81. The van der Waals surface area contributed by atoms with E-state index in [1.54, 1.807) is 4.68 Å². The van der Waals surface area contributed by atoms with Gasteiger partial charge < -0.3 is 24.2 Å². The van der Waals surface area contributed by atoms with Gasteiger partial charge in [0.2, 0.25) is 0 Å². The summed E-state index contributed by atoms with van der Waals surface area (Å²) < 4.78 is 20.0. The fraction of sp³-hybridized carbons (Fsp3) is 0.652. The van der Waals surface area contributed by atoms with Gasteiger partial charge in [0.05, 0.1) is 37.7 Å². The Morgan fingerprint density at radius 3 is 2.77 bits per heavy atom. The number of aliphatic hydroxyl groups is 1. The third kappa shape index (κ3) is 3.70. The lowest BCUT2D eigenvalue weighted by molar-refractivity contribution is -0.123. The lowest BCUT2D eigenvalue weighted by Crippen LogP contribution is -2.56. The average molecular weight is 427 g/mol. The zero-order chi connectivity index (χ0) is 21.1. The molecule has 4 aliphatic rings. The van der Waals surface area contributed by atoms with Crippen molar-refractivity contribution in [1.29, 1.82) is 0 Å². The maximum atomic E-state index is 9.55. The van der Waals surface area contributed by atoms with Crippen LogP contribution in [0, 0.1) is 5.41 Å². The Hall–Kier alpha value is -2.16. The second kappa shape index (κ2) is 7.18. The van der Waals surface area contributed by atoms with E-state index in [1.165, 1.54) is 6.42 Å². The molecule has 2 saturated heterocycles. The van der Waals surface area contributed by atoms with Crippen molar-refractivity contribution in [2.45, 2.75) is 63.6 Å². The molecule has 2 saturated carbocycles. The van der Waals surface area contributed by atoms with Gasteiger partial charge in [0, 0.05) is 35.8 Å². The molecule has 1 N–H and O–H groups in total. The van der Waals surface area contributed by atoms with E-state index in [9.17, 15) is 5.11 Å². The van der Waals surface area contributed by atoms with Gasteiger partial charge in [-0.05, 0) is 44.2 Å². The van der Waals surface area contributed by atoms with E-state index < -0.39 is 0 Å². The van der Waals surface area contributed by atoms with Crippen molar-refractivity contribution in [3.05, 3.63) is 24.4 Å². The average Bonchev–Trinajstić information content (AvgIpc) is 3.23. The molecule has 3 heterocycles. The van der Waals surface area contributed by atoms with E-state index in [0.717, 1.165) is 61.5 Å². The van der Waals surface area contributed by atoms with E-state index in [0.29, 0.717) is 19.3 Å². The molecule has 2 aliphatic carbocycles. The summed E-state index contributed by atoms with van der Waals surface area (Å²) in [7, 11) is 0. The monoisotopic (exact) mass is 426 g/mol. The van der Waals surface area contributed by atoms with E-state index >= 15 is 0 Å². The molecule has 0 bridgehead atoms. The van der Waals surface area contributed by atoms with E-state index in [1.807, 2.05) is 6.20 Å². The van der Waals surface area contributed by atoms with Gasteiger partial charge in [-0.2, -0.15) is 0 Å². The summed E-state index contributed by atoms with van der Waals surface area (Å²) in [5.41, 5.74) is 2.81. The molecule has 166 valence electrons. The van der Waals surface area contributed by atoms with Crippen LogP contribution in [-0.2, 0) is 16.0 Å². The van der Waals surface area contributed by atoms with Crippen molar-refractivity contribution in [3.8, 4) is 17.0 Å². The van der Waals surface area contributed by atoms with Gasteiger partial charge in [0.15, 0.2) is 6.29 Å². The predicted octanol–water partition coefficient (Wildman–Crippen LogP) is 2.60. The Bertz CT molecular complexity index is 962. The van der Waals surface area contributed by atoms with E-state index in [2.05, 4.69) is 40.3 Å². The van der Waals surface area contributed by atoms with Crippen molar-refractivity contribution in [2.75, 3.05) is 31.2 Å². The van der Waals surface area contributed by atoms with Crippen LogP contribution in [0.15, 0.2) is 24.4 Å². The van der Waals surface area contributed by atoms with Crippen LogP contribution in [0.4, 0.5) is 5.69 Å². The van der Waals surface area contributed by atoms with Crippen molar-refractivity contribution >= 4 is 5.69 Å². The minimum absolute atomic E-state index is 0.0126. The summed E-state index contributed by atoms with van der Waals surface area (Å²) in [5, 5.41) is 18.3. The number of anilines is 1. The van der Waals surface area contributed by atoms with Crippen LogP contribution in [-0.4, -0.2) is 64.4 Å². The molecular formula is C23H30N4O4. The third-order valence-corrected chi connectivity index (χ3v) is 7.00. The van der Waals surface area contributed by atoms with Crippen LogP contribution in [0.2, 0.25) is 0 Å². The highest BCUT2D eigenvalue weighted by Gasteiger charge is 2.46. The second-order valence-electron chi connectivity index (χ2n) is 10.0. The molecule has 31 heavy (non-hydrogen) atoms. The van der Waals surface area contributed by atoms with Gasteiger partial charge in [0.1, 0.15) is 11.4 Å². The van der Waals surface area contributed by atoms with Crippen LogP contribution in [0.5, 0.6) is 5.75 Å². The molecule has 4 fully saturated rings. The van der Waals surface area contributed by atoms with Crippen LogP contribution in [0.1, 0.15) is 39.0 Å². The minimum atomic E-state index is -0.258. The Kier molecular flexibility index (Phi) is 4.52. The second-order valence-corrected chi connectivity index (χ2v) is 10.0. The number of benzene rings is 1. The first-order valence-corrected chi connectivity index (χ1v) is 11.4. The molecule has 2 aliphatic heterocycles. The number of hydrogen-bond donors (Lipinski definition) is 1. The molecule has 0 radical (unpaired) electrons. The smallest absolute Gasteiger partial charge is 0.178 e. The molecule has 1 aromatic heterocycles. The van der Waals surface area contributed by atoms with Gasteiger partial charge in [-0.15, -0.1) is 5.10 Å². The fourth-order valence-corrected chi connectivity index (χ4v) is 4.72. The van der Waals surface area contributed by atoms with Gasteiger partial charge in [0.25, 0.3) is 0 Å². The molecule has 1 aromatic carbocycles. The first-order chi connectivity index (χ1) is 15.0. The van der Waals surface area contributed by atoms with Gasteiger partial charge in [-0.25, -0.2) is 4.68 Å². The number of nitrogens with zero attached hydrogens (tertiary/aromatic N) is 4. The summed E-state index contributed by atoms with van der Waals surface area (Å²) in [4.78, 5) is 2.28. The molecule has 1 spiro atoms. The Balaban J connectivity index is 1.19. The standard InChI is InChI=1S/C23H30N4O4/c1-22(14-28)12-26(13-22)16-3-6-18(20(9-16)30-17-4-5-17)19-10-27(25-24-19)11-21-29-15-23(31-21)7-2-8-23/h3,6,9-10,17,21,28H,2,4-5,7-8,11-15H2,1H3. The fourth-order valence-electron chi connectivity index (χ4n) is 4.72. The third-order valence-electron chi connectivity index (χ3n) is 7.00. The quantitative estimate of drug-likeness (QED) is 0.729. The maximum Gasteiger partial charge on any atom is 0.178 e. The molecular weight excluding hydrogens is 396 g/mol. The SMILES string of the molecule is CC1(CO)CN(c2ccc(-c3cn(CC4OCC5(CCC5)O4)nn3)c(OC3CC3)c2)C1. The van der Waals surface area contributed by atoms with Gasteiger partial charge >= 0.3 is 0 Å². The summed E-state index contributed by atoms with van der Waals surface area (Å²) in [5.74, 6) is 0.853. The van der Waals surface area contributed by atoms with E-state index in [-0.39, 0.29) is 23.9 Å². The summed E-state index contributed by atoms with van der Waals surface area (Å²) in [6, 6.07) is 6.28. The molecule has 0 amide bonds. The van der Waals surface area contributed by atoms with Crippen molar-refractivity contribution < 1.29 is 19.3 Å². The van der Waals surface area contributed by atoms with E-state index in [4.69, 9.17) is 14.2 Å². The summed E-state index contributed by atoms with van der Waals surface area (Å²) in [6.45, 7) is 5.26. The highest BCUT2D eigenvalue weighted by molar-refractivity contribution is 5.71. The predicted molar refractivity (Wildman–Crippen MR) is 114 cm³/mol. The zero-order valence-electron chi connectivity index (χ0n) is 18.0. The van der Waals surface area contributed by atoms with Crippen LogP contribution in [0.25, 0.3) is 11.3 Å². The number of rotatable bonds is 7. The Morgan fingerprint density at radius 1 is 1.26 bits per heavy atom. The summed E-state index contributed by atoms with van der Waals surface area (Å²) >= 11 is 0. The topological polar surface area (TPSA) is 81.9 Å². The largest absolute Gasteiger partial charge is 0.490 e. The lowest BCUT2D eigenvalue weighted by Gasteiger charge is -2.48. The maximum absolute atomic E-state index is 9.55. The first-order valence-electron chi connectivity index (χ1n) is 11.4. The van der Waals surface area contributed by atoms with Gasteiger partial charge in [-0.3, -0.25) is 0 Å². The zero-order valence-corrected chi connectivity index (χ0v) is 18.0. The highest BCUT2D eigenvalue weighted by Crippen LogP contribution is 2.42. The normalized spacial score (nSPS) is 26.0. The van der Waals surface area contributed by atoms with Crippen LogP contribution >= 0.6 is 0 Å². The molecule has 2 aromatic rings. The molecule has 6 rings (SSSR count).